The molecular formula is C22H24ClN3O3S2. The molecule has 1 N–H and O–H groups in total. The maximum absolute atomic E-state index is 13.4. The van der Waals surface area contributed by atoms with Crippen LogP contribution >= 0.6 is 34.7 Å². The number of carbonyl (C=O) groups is 1. The summed E-state index contributed by atoms with van der Waals surface area (Å²) in [4.78, 5) is 33.0. The zero-order valence-electron chi connectivity index (χ0n) is 17.4. The van der Waals surface area contributed by atoms with E-state index in [0.717, 1.165) is 35.9 Å². The summed E-state index contributed by atoms with van der Waals surface area (Å²) in [5.74, 6) is -0.162. The fourth-order valence-corrected chi connectivity index (χ4v) is 6.04. The van der Waals surface area contributed by atoms with Gasteiger partial charge in [0.1, 0.15) is 4.83 Å². The summed E-state index contributed by atoms with van der Waals surface area (Å²) in [6.07, 6.45) is 4.20. The molecule has 31 heavy (non-hydrogen) atoms. The maximum Gasteiger partial charge on any atom is 0.263 e. The standard InChI is InChI=1S/C22H24ClN3O3S2/c1-13(19(27)24-15-9-7-14(23)8-10-15)30-22-25-20-18(21(28)26(22)11-12-29-2)16-5-3-4-6-17(16)31-20/h7-10,13H,3-6,11-12H2,1-2H3,(H,24,27). The van der Waals surface area contributed by atoms with Crippen LogP contribution in [0.25, 0.3) is 10.2 Å². The highest BCUT2D eigenvalue weighted by Gasteiger charge is 2.24. The van der Waals surface area contributed by atoms with Crippen LogP contribution in [-0.2, 0) is 28.9 Å². The van der Waals surface area contributed by atoms with Crippen molar-refractivity contribution in [2.45, 2.75) is 49.6 Å². The summed E-state index contributed by atoms with van der Waals surface area (Å²) >= 11 is 8.82. The average Bonchev–Trinajstić information content (AvgIpc) is 3.13. The summed E-state index contributed by atoms with van der Waals surface area (Å²) in [5.41, 5.74) is 1.81. The fraction of sp³-hybridized carbons (Fsp3) is 0.409. The highest BCUT2D eigenvalue weighted by atomic mass is 35.5. The normalized spacial score (nSPS) is 14.4. The monoisotopic (exact) mass is 477 g/mol. The number of rotatable bonds is 7. The number of ether oxygens (including phenoxy) is 1. The first-order chi connectivity index (χ1) is 15.0. The SMILES string of the molecule is COCCn1c(SC(C)C(=O)Nc2ccc(Cl)cc2)nc2sc3c(c2c1=O)CCCC3. The first-order valence-electron chi connectivity index (χ1n) is 10.2. The van der Waals surface area contributed by atoms with E-state index in [4.69, 9.17) is 21.3 Å². The predicted octanol–water partition coefficient (Wildman–Crippen LogP) is 4.76. The molecule has 0 saturated heterocycles. The zero-order chi connectivity index (χ0) is 22.0. The molecule has 0 saturated carbocycles. The van der Waals surface area contributed by atoms with Gasteiger partial charge >= 0.3 is 0 Å². The van der Waals surface area contributed by atoms with Crippen LogP contribution in [0.3, 0.4) is 0 Å². The van der Waals surface area contributed by atoms with Gasteiger partial charge in [-0.2, -0.15) is 0 Å². The lowest BCUT2D eigenvalue weighted by Crippen LogP contribution is -2.28. The molecule has 1 amide bonds. The quantitative estimate of drug-likeness (QED) is 0.392. The Hall–Kier alpha value is -1.87. The Kier molecular flexibility index (Phi) is 7.01. The Morgan fingerprint density at radius 2 is 2.06 bits per heavy atom. The van der Waals surface area contributed by atoms with Crippen molar-refractivity contribution in [1.29, 1.82) is 0 Å². The van der Waals surface area contributed by atoms with Gasteiger partial charge in [-0.15, -0.1) is 11.3 Å². The summed E-state index contributed by atoms with van der Waals surface area (Å²) in [5, 5.41) is 4.35. The van der Waals surface area contributed by atoms with Gasteiger partial charge in [0.15, 0.2) is 5.16 Å². The van der Waals surface area contributed by atoms with Gasteiger partial charge in [0.25, 0.3) is 5.56 Å². The molecule has 0 radical (unpaired) electrons. The number of aryl methyl sites for hydroxylation is 2. The van der Waals surface area contributed by atoms with E-state index in [2.05, 4.69) is 5.32 Å². The van der Waals surface area contributed by atoms with Gasteiger partial charge in [-0.05, 0) is 62.4 Å². The van der Waals surface area contributed by atoms with E-state index in [9.17, 15) is 9.59 Å². The number of methoxy groups -OCH3 is 1. The van der Waals surface area contributed by atoms with Gasteiger partial charge in [0.2, 0.25) is 5.91 Å². The minimum Gasteiger partial charge on any atom is -0.383 e. The molecule has 1 aliphatic rings. The van der Waals surface area contributed by atoms with Gasteiger partial charge in [-0.25, -0.2) is 4.98 Å². The van der Waals surface area contributed by atoms with Crippen LogP contribution in [0, 0.1) is 0 Å². The van der Waals surface area contributed by atoms with Crippen molar-refractivity contribution >= 4 is 56.5 Å². The molecule has 1 aliphatic carbocycles. The first-order valence-corrected chi connectivity index (χ1v) is 12.3. The smallest absolute Gasteiger partial charge is 0.263 e. The molecule has 1 unspecified atom stereocenters. The molecule has 2 aromatic heterocycles. The number of carbonyl (C=O) groups excluding carboxylic acids is 1. The minimum atomic E-state index is -0.441. The molecule has 1 atom stereocenters. The highest BCUT2D eigenvalue weighted by molar-refractivity contribution is 8.00. The highest BCUT2D eigenvalue weighted by Crippen LogP contribution is 2.35. The van der Waals surface area contributed by atoms with Gasteiger partial charge in [0, 0.05) is 22.7 Å². The molecule has 0 aliphatic heterocycles. The number of thioether (sulfide) groups is 1. The average molecular weight is 478 g/mol. The number of hydrogen-bond acceptors (Lipinski definition) is 6. The van der Waals surface area contributed by atoms with Gasteiger partial charge in [-0.1, -0.05) is 23.4 Å². The molecule has 164 valence electrons. The summed E-state index contributed by atoms with van der Waals surface area (Å²) in [7, 11) is 1.61. The number of nitrogens with one attached hydrogen (secondary N) is 1. The second kappa shape index (κ2) is 9.73. The van der Waals surface area contributed by atoms with E-state index in [1.807, 2.05) is 6.92 Å². The molecule has 0 bridgehead atoms. The molecule has 1 aromatic carbocycles. The van der Waals surface area contributed by atoms with Crippen molar-refractivity contribution < 1.29 is 9.53 Å². The summed E-state index contributed by atoms with van der Waals surface area (Å²) in [6.45, 7) is 2.61. The van der Waals surface area contributed by atoms with E-state index < -0.39 is 5.25 Å². The summed E-state index contributed by atoms with van der Waals surface area (Å²) in [6, 6.07) is 6.97. The molecule has 3 aromatic rings. The Morgan fingerprint density at radius 1 is 1.32 bits per heavy atom. The second-order valence-corrected chi connectivity index (χ2v) is 10.3. The van der Waals surface area contributed by atoms with Crippen LogP contribution in [0.2, 0.25) is 5.02 Å². The fourth-order valence-electron chi connectivity index (χ4n) is 3.68. The lowest BCUT2D eigenvalue weighted by molar-refractivity contribution is -0.115. The van der Waals surface area contributed by atoms with Crippen LogP contribution in [-0.4, -0.2) is 34.4 Å². The number of halogens is 1. The van der Waals surface area contributed by atoms with Gasteiger partial charge in [0.05, 0.1) is 23.8 Å². The molecule has 6 nitrogen and oxygen atoms in total. The topological polar surface area (TPSA) is 73.2 Å². The van der Waals surface area contributed by atoms with Crippen LogP contribution in [0.1, 0.15) is 30.2 Å². The third kappa shape index (κ3) is 4.82. The number of amides is 1. The van der Waals surface area contributed by atoms with Gasteiger partial charge in [-0.3, -0.25) is 14.2 Å². The number of aromatic nitrogens is 2. The molecule has 0 spiro atoms. The minimum absolute atomic E-state index is 0.0331. The Balaban J connectivity index is 1.64. The zero-order valence-corrected chi connectivity index (χ0v) is 19.8. The molecule has 9 heteroatoms. The lowest BCUT2D eigenvalue weighted by atomic mass is 9.97. The van der Waals surface area contributed by atoms with Crippen LogP contribution < -0.4 is 10.9 Å². The van der Waals surface area contributed by atoms with Crippen LogP contribution in [0.4, 0.5) is 5.69 Å². The maximum atomic E-state index is 13.4. The third-order valence-electron chi connectivity index (χ3n) is 5.32. The van der Waals surface area contributed by atoms with E-state index in [1.54, 1.807) is 47.3 Å². The van der Waals surface area contributed by atoms with Crippen molar-refractivity contribution in [3.63, 3.8) is 0 Å². The number of fused-ring (bicyclic) bond motifs is 3. The predicted molar refractivity (Wildman–Crippen MR) is 128 cm³/mol. The van der Waals surface area contributed by atoms with E-state index in [0.29, 0.717) is 29.0 Å². The lowest BCUT2D eigenvalue weighted by Gasteiger charge is -2.16. The van der Waals surface area contributed by atoms with Crippen molar-refractivity contribution in [2.24, 2.45) is 0 Å². The number of hydrogen-bond donors (Lipinski definition) is 1. The largest absolute Gasteiger partial charge is 0.383 e. The van der Waals surface area contributed by atoms with E-state index >= 15 is 0 Å². The number of anilines is 1. The number of thiophene rings is 1. The Bertz CT molecular complexity index is 1160. The Labute approximate surface area is 194 Å². The third-order valence-corrected chi connectivity index (χ3v) is 7.85. The van der Waals surface area contributed by atoms with Gasteiger partial charge < -0.3 is 10.1 Å². The molecule has 4 rings (SSSR count). The second-order valence-electron chi connectivity index (χ2n) is 7.49. The first kappa shape index (κ1) is 22.3. The van der Waals surface area contributed by atoms with E-state index in [-0.39, 0.29) is 11.5 Å². The number of nitrogens with zero attached hydrogens (tertiary/aromatic N) is 2. The van der Waals surface area contributed by atoms with Crippen molar-refractivity contribution in [1.82, 2.24) is 9.55 Å². The number of benzene rings is 1. The van der Waals surface area contributed by atoms with Crippen LogP contribution in [0.5, 0.6) is 0 Å². The van der Waals surface area contributed by atoms with Crippen molar-refractivity contribution in [3.05, 3.63) is 50.1 Å². The summed E-state index contributed by atoms with van der Waals surface area (Å²) < 4.78 is 6.88. The van der Waals surface area contributed by atoms with Crippen molar-refractivity contribution in [2.75, 3.05) is 19.0 Å². The van der Waals surface area contributed by atoms with E-state index in [1.165, 1.54) is 22.2 Å². The van der Waals surface area contributed by atoms with Crippen LogP contribution in [0.15, 0.2) is 34.2 Å². The van der Waals surface area contributed by atoms with Crippen molar-refractivity contribution in [3.8, 4) is 0 Å². The molecule has 0 fully saturated rings. The molecule has 2 heterocycles. The Morgan fingerprint density at radius 3 is 2.81 bits per heavy atom. The molecular weight excluding hydrogens is 454 g/mol.